The van der Waals surface area contributed by atoms with Crippen LogP contribution in [0.2, 0.25) is 0 Å². The molecule has 1 rings (SSSR count). The Balaban J connectivity index is 2.25. The number of rotatable bonds is 5. The Bertz CT molecular complexity index is 297. The molecule has 0 spiro atoms. The number of hydrogen-bond acceptors (Lipinski definition) is 2. The van der Waals surface area contributed by atoms with E-state index >= 15 is 0 Å². The van der Waals surface area contributed by atoms with E-state index in [1.54, 1.807) is 12.1 Å². The van der Waals surface area contributed by atoms with Crippen molar-refractivity contribution in [3.8, 4) is 0 Å². The monoisotopic (exact) mass is 194 g/mol. The zero-order valence-corrected chi connectivity index (χ0v) is 8.65. The third-order valence-electron chi connectivity index (χ3n) is 2.19. The molecule has 3 nitrogen and oxygen atoms in total. The highest BCUT2D eigenvalue weighted by Gasteiger charge is 1.94. The molecule has 0 saturated carbocycles. The van der Waals surface area contributed by atoms with Crippen LogP contribution in [-0.2, 0) is 6.54 Å². The van der Waals surface area contributed by atoms with Crippen LogP contribution in [0.15, 0.2) is 29.3 Å². The van der Waals surface area contributed by atoms with Gasteiger partial charge in [0, 0.05) is 37.1 Å². The van der Waals surface area contributed by atoms with Gasteiger partial charge in [-0.05, 0) is 19.8 Å². The van der Waals surface area contributed by atoms with Crippen LogP contribution in [-0.4, -0.2) is 10.6 Å². The summed E-state index contributed by atoms with van der Waals surface area (Å²) in [5.74, 6) is 0. The fraction of sp³-hybridized carbons (Fsp3) is 0.545. The van der Waals surface area contributed by atoms with Crippen molar-refractivity contribution < 1.29 is 0 Å². The minimum Gasteiger partial charge on any atom is -0.354 e. The molecule has 0 aliphatic heterocycles. The van der Waals surface area contributed by atoms with E-state index in [0.29, 0.717) is 6.04 Å². The number of aryl methyl sites for hydroxylation is 1. The van der Waals surface area contributed by atoms with Crippen LogP contribution in [0.5, 0.6) is 0 Å². The highest BCUT2D eigenvalue weighted by molar-refractivity contribution is 4.93. The average molecular weight is 194 g/mol. The lowest BCUT2D eigenvalue weighted by Crippen LogP contribution is -2.14. The van der Waals surface area contributed by atoms with Gasteiger partial charge in [-0.2, -0.15) is 0 Å². The maximum Gasteiger partial charge on any atom is 0.181 e. The largest absolute Gasteiger partial charge is 0.354 e. The van der Waals surface area contributed by atoms with Crippen LogP contribution in [0.4, 0.5) is 0 Å². The molecule has 0 saturated heterocycles. The van der Waals surface area contributed by atoms with Gasteiger partial charge in [-0.25, -0.2) is 0 Å². The van der Waals surface area contributed by atoms with Gasteiger partial charge in [0.05, 0.1) is 0 Å². The third-order valence-corrected chi connectivity index (χ3v) is 2.19. The van der Waals surface area contributed by atoms with E-state index < -0.39 is 0 Å². The van der Waals surface area contributed by atoms with Crippen LogP contribution in [0.3, 0.4) is 0 Å². The van der Waals surface area contributed by atoms with E-state index in [1.165, 1.54) is 0 Å². The zero-order chi connectivity index (χ0) is 10.4. The number of pyridine rings is 1. The third kappa shape index (κ3) is 4.23. The predicted molar refractivity (Wildman–Crippen MR) is 58.2 cm³/mol. The number of aromatic nitrogens is 1. The standard InChI is InChI=1S/C11H18N2O/c1-10(12)4-2-3-7-13-8-5-11(14)6-9-13/h5-6,8-10H,2-4,7,12H2,1H3. The molecule has 0 aromatic carbocycles. The molecule has 1 aromatic rings. The second kappa shape index (κ2) is 5.60. The number of hydrogen-bond donors (Lipinski definition) is 1. The molecule has 1 aromatic heterocycles. The fourth-order valence-electron chi connectivity index (χ4n) is 1.35. The molecule has 0 fully saturated rings. The second-order valence-corrected chi connectivity index (χ2v) is 3.74. The van der Waals surface area contributed by atoms with Crippen LogP contribution >= 0.6 is 0 Å². The first-order chi connectivity index (χ1) is 6.68. The Kier molecular flexibility index (Phi) is 4.40. The van der Waals surface area contributed by atoms with Crippen molar-refractivity contribution >= 4 is 0 Å². The highest BCUT2D eigenvalue weighted by atomic mass is 16.1. The lowest BCUT2D eigenvalue weighted by Gasteiger charge is -2.06. The molecule has 1 heterocycles. The van der Waals surface area contributed by atoms with Gasteiger partial charge >= 0.3 is 0 Å². The maximum atomic E-state index is 10.8. The van der Waals surface area contributed by atoms with Gasteiger partial charge in [0.2, 0.25) is 0 Å². The first-order valence-corrected chi connectivity index (χ1v) is 5.10. The topological polar surface area (TPSA) is 48.0 Å². The molecular formula is C11H18N2O. The number of unbranched alkanes of at least 4 members (excludes halogenated alkanes) is 1. The van der Waals surface area contributed by atoms with Crippen LogP contribution < -0.4 is 11.2 Å². The van der Waals surface area contributed by atoms with E-state index in [0.717, 1.165) is 25.8 Å². The molecule has 0 aliphatic carbocycles. The molecule has 1 atom stereocenters. The molecule has 0 radical (unpaired) electrons. The van der Waals surface area contributed by atoms with Crippen LogP contribution in [0.1, 0.15) is 26.2 Å². The average Bonchev–Trinajstić information content (AvgIpc) is 2.15. The Morgan fingerprint density at radius 3 is 2.57 bits per heavy atom. The predicted octanol–water partition coefficient (Wildman–Crippen LogP) is 1.37. The van der Waals surface area contributed by atoms with E-state index in [-0.39, 0.29) is 5.43 Å². The van der Waals surface area contributed by atoms with Gasteiger partial charge < -0.3 is 10.3 Å². The summed E-state index contributed by atoms with van der Waals surface area (Å²) in [5, 5.41) is 0. The Morgan fingerprint density at radius 1 is 1.36 bits per heavy atom. The van der Waals surface area contributed by atoms with Crippen LogP contribution in [0.25, 0.3) is 0 Å². The summed E-state index contributed by atoms with van der Waals surface area (Å²) >= 11 is 0. The van der Waals surface area contributed by atoms with E-state index in [4.69, 9.17) is 5.73 Å². The van der Waals surface area contributed by atoms with E-state index in [1.807, 2.05) is 23.9 Å². The summed E-state index contributed by atoms with van der Waals surface area (Å²) < 4.78 is 2.03. The lowest BCUT2D eigenvalue weighted by molar-refractivity contribution is 0.548. The summed E-state index contributed by atoms with van der Waals surface area (Å²) in [6.45, 7) is 2.99. The van der Waals surface area contributed by atoms with Crippen molar-refractivity contribution in [3.05, 3.63) is 34.7 Å². The molecule has 14 heavy (non-hydrogen) atoms. The van der Waals surface area contributed by atoms with Crippen molar-refractivity contribution in [2.75, 3.05) is 0 Å². The molecule has 2 N–H and O–H groups in total. The first kappa shape index (κ1) is 11.0. The molecule has 0 bridgehead atoms. The lowest BCUT2D eigenvalue weighted by atomic mass is 10.1. The fourth-order valence-corrected chi connectivity index (χ4v) is 1.35. The van der Waals surface area contributed by atoms with Gasteiger partial charge in [-0.3, -0.25) is 4.79 Å². The molecular weight excluding hydrogens is 176 g/mol. The van der Waals surface area contributed by atoms with Crippen molar-refractivity contribution in [2.24, 2.45) is 5.73 Å². The van der Waals surface area contributed by atoms with E-state index in [9.17, 15) is 4.79 Å². The van der Waals surface area contributed by atoms with Crippen molar-refractivity contribution in [1.29, 1.82) is 0 Å². The van der Waals surface area contributed by atoms with Gasteiger partial charge in [0.15, 0.2) is 5.43 Å². The minimum absolute atomic E-state index is 0.0665. The van der Waals surface area contributed by atoms with Crippen molar-refractivity contribution in [1.82, 2.24) is 4.57 Å². The van der Waals surface area contributed by atoms with Crippen molar-refractivity contribution in [2.45, 2.75) is 38.8 Å². The quantitative estimate of drug-likeness (QED) is 0.719. The first-order valence-electron chi connectivity index (χ1n) is 5.10. The maximum absolute atomic E-state index is 10.8. The SMILES string of the molecule is CC(N)CCCCn1ccc(=O)cc1. The normalized spacial score (nSPS) is 12.7. The zero-order valence-electron chi connectivity index (χ0n) is 8.65. The Hall–Kier alpha value is -1.09. The van der Waals surface area contributed by atoms with Crippen LogP contribution in [0, 0.1) is 0 Å². The van der Waals surface area contributed by atoms with Gasteiger partial charge in [-0.1, -0.05) is 6.42 Å². The summed E-state index contributed by atoms with van der Waals surface area (Å²) in [6.07, 6.45) is 6.98. The minimum atomic E-state index is 0.0665. The molecule has 78 valence electrons. The summed E-state index contributed by atoms with van der Waals surface area (Å²) in [4.78, 5) is 10.8. The molecule has 0 amide bonds. The second-order valence-electron chi connectivity index (χ2n) is 3.74. The van der Waals surface area contributed by atoms with Crippen molar-refractivity contribution in [3.63, 3.8) is 0 Å². The summed E-state index contributed by atoms with van der Waals surface area (Å²) in [7, 11) is 0. The number of nitrogens with two attached hydrogens (primary N) is 1. The summed E-state index contributed by atoms with van der Waals surface area (Å²) in [5.41, 5.74) is 5.71. The van der Waals surface area contributed by atoms with Gasteiger partial charge in [0.1, 0.15) is 0 Å². The number of nitrogens with zero attached hydrogens (tertiary/aromatic N) is 1. The molecule has 0 aliphatic rings. The Labute approximate surface area is 84.6 Å². The molecule has 1 unspecified atom stereocenters. The van der Waals surface area contributed by atoms with Gasteiger partial charge in [-0.15, -0.1) is 0 Å². The van der Waals surface area contributed by atoms with Gasteiger partial charge in [0.25, 0.3) is 0 Å². The van der Waals surface area contributed by atoms with E-state index in [2.05, 4.69) is 0 Å². The summed E-state index contributed by atoms with van der Waals surface area (Å²) in [6, 6.07) is 3.47. The highest BCUT2D eigenvalue weighted by Crippen LogP contribution is 2.00. The Morgan fingerprint density at radius 2 is 2.00 bits per heavy atom. The molecule has 3 heteroatoms. The smallest absolute Gasteiger partial charge is 0.181 e.